The molecule has 0 radical (unpaired) electrons. The van der Waals surface area contributed by atoms with Gasteiger partial charge in [0.15, 0.2) is 0 Å². The highest BCUT2D eigenvalue weighted by Gasteiger charge is 2.53. The van der Waals surface area contributed by atoms with E-state index in [2.05, 4.69) is 0 Å². The molecule has 0 aromatic rings. The van der Waals surface area contributed by atoms with E-state index in [0.29, 0.717) is 0 Å². The maximum atomic E-state index is 10.7. The Balaban J connectivity index is 1.83. The van der Waals surface area contributed by atoms with Crippen LogP contribution in [0.25, 0.3) is 0 Å². The molecule has 0 atom stereocenters. The lowest BCUT2D eigenvalue weighted by Crippen LogP contribution is -2.52. The van der Waals surface area contributed by atoms with Gasteiger partial charge in [0.25, 0.3) is 0 Å². The summed E-state index contributed by atoms with van der Waals surface area (Å²) in [5.41, 5.74) is -0.277. The Bertz CT molecular complexity index is 236. The smallest absolute Gasteiger partial charge is 0.450 e. The molecule has 4 aliphatic rings. The first-order valence-corrected chi connectivity index (χ1v) is 5.57. The van der Waals surface area contributed by atoms with Crippen LogP contribution < -0.4 is 0 Å². The normalized spacial score (nSPS) is 49.3. The quantitative estimate of drug-likeness (QED) is 0.656. The third kappa shape index (κ3) is 1.22. The van der Waals surface area contributed by atoms with Crippen LogP contribution in [-0.4, -0.2) is 16.9 Å². The van der Waals surface area contributed by atoms with E-state index in [9.17, 15) is 4.79 Å². The summed E-state index contributed by atoms with van der Waals surface area (Å²) in [5, 5.41) is 8.75. The molecule has 0 saturated heterocycles. The molecule has 0 aromatic carbocycles. The topological polar surface area (TPSA) is 46.5 Å². The van der Waals surface area contributed by atoms with Crippen molar-refractivity contribution in [1.29, 1.82) is 0 Å². The van der Waals surface area contributed by atoms with Gasteiger partial charge in [0.1, 0.15) is 5.60 Å². The number of carboxylic acid groups (broad SMARTS) is 1. The van der Waals surface area contributed by atoms with Gasteiger partial charge in [-0.2, -0.15) is 0 Å². The number of carbonyl (C=O) groups is 1. The zero-order valence-electron chi connectivity index (χ0n) is 8.24. The number of ether oxygens (including phenoxy) is 1. The van der Waals surface area contributed by atoms with E-state index in [-0.39, 0.29) is 5.60 Å². The molecular formula is C11H16O3. The summed E-state index contributed by atoms with van der Waals surface area (Å²) in [7, 11) is 0. The molecule has 0 heterocycles. The van der Waals surface area contributed by atoms with Gasteiger partial charge < -0.3 is 9.84 Å². The molecular weight excluding hydrogens is 180 g/mol. The molecule has 4 bridgehead atoms. The molecule has 78 valence electrons. The lowest BCUT2D eigenvalue weighted by Gasteiger charge is -2.55. The number of hydrogen-bond acceptors (Lipinski definition) is 2. The summed E-state index contributed by atoms with van der Waals surface area (Å²) < 4.78 is 5.17. The Morgan fingerprint density at radius 1 is 1.07 bits per heavy atom. The Hall–Kier alpha value is -0.730. The molecule has 3 heteroatoms. The maximum Gasteiger partial charge on any atom is 0.506 e. The lowest BCUT2D eigenvalue weighted by molar-refractivity contribution is -0.137. The average Bonchev–Trinajstić information content (AvgIpc) is 1.96. The largest absolute Gasteiger partial charge is 0.506 e. The molecule has 4 rings (SSSR count). The Morgan fingerprint density at radius 2 is 1.50 bits per heavy atom. The van der Waals surface area contributed by atoms with Crippen LogP contribution >= 0.6 is 0 Å². The van der Waals surface area contributed by atoms with E-state index in [1.807, 2.05) is 0 Å². The van der Waals surface area contributed by atoms with Crippen LogP contribution in [0.2, 0.25) is 0 Å². The van der Waals surface area contributed by atoms with Crippen LogP contribution in [0, 0.1) is 17.8 Å². The third-order valence-electron chi connectivity index (χ3n) is 4.29. The highest BCUT2D eigenvalue weighted by Crippen LogP contribution is 2.57. The zero-order valence-corrected chi connectivity index (χ0v) is 8.24. The highest BCUT2D eigenvalue weighted by molar-refractivity contribution is 5.57. The van der Waals surface area contributed by atoms with Crippen LogP contribution in [0.15, 0.2) is 0 Å². The van der Waals surface area contributed by atoms with Gasteiger partial charge in [-0.15, -0.1) is 0 Å². The van der Waals surface area contributed by atoms with Gasteiger partial charge >= 0.3 is 6.16 Å². The van der Waals surface area contributed by atoms with E-state index in [0.717, 1.165) is 37.0 Å². The van der Waals surface area contributed by atoms with E-state index in [1.165, 1.54) is 19.3 Å². The zero-order chi connectivity index (χ0) is 9.76. The Labute approximate surface area is 83.4 Å². The summed E-state index contributed by atoms with van der Waals surface area (Å²) in [6, 6.07) is 0. The molecule has 0 unspecified atom stereocenters. The minimum absolute atomic E-state index is 0.277. The van der Waals surface area contributed by atoms with Gasteiger partial charge in [-0.3, -0.25) is 0 Å². The predicted molar refractivity (Wildman–Crippen MR) is 50.0 cm³/mol. The van der Waals surface area contributed by atoms with E-state index < -0.39 is 6.16 Å². The van der Waals surface area contributed by atoms with Gasteiger partial charge in [0.05, 0.1) is 0 Å². The monoisotopic (exact) mass is 196 g/mol. The molecule has 0 spiro atoms. The summed E-state index contributed by atoms with van der Waals surface area (Å²) in [4.78, 5) is 10.7. The second kappa shape index (κ2) is 2.65. The number of hydrogen-bond donors (Lipinski definition) is 1. The Kier molecular flexibility index (Phi) is 1.62. The molecule has 4 fully saturated rings. The van der Waals surface area contributed by atoms with Gasteiger partial charge in [0.2, 0.25) is 0 Å². The molecule has 14 heavy (non-hydrogen) atoms. The summed E-state index contributed by atoms with van der Waals surface area (Å²) in [6.07, 6.45) is 5.86. The van der Waals surface area contributed by atoms with Crippen molar-refractivity contribution in [2.24, 2.45) is 17.8 Å². The lowest BCUT2D eigenvalue weighted by atomic mass is 9.54. The fraction of sp³-hybridized carbons (Fsp3) is 0.909. The van der Waals surface area contributed by atoms with Gasteiger partial charge in [0, 0.05) is 0 Å². The first kappa shape index (κ1) is 8.57. The van der Waals surface area contributed by atoms with Crippen LogP contribution in [0.5, 0.6) is 0 Å². The van der Waals surface area contributed by atoms with Gasteiger partial charge in [-0.1, -0.05) is 0 Å². The standard InChI is InChI=1S/C11H16O3/c12-10(13)14-11-4-7-1-8(5-11)3-9(2-7)6-11/h7-9H,1-6H2,(H,12,13). The fourth-order valence-electron chi connectivity index (χ4n) is 4.34. The van der Waals surface area contributed by atoms with Crippen molar-refractivity contribution >= 4 is 6.16 Å². The molecule has 0 amide bonds. The van der Waals surface area contributed by atoms with E-state index in [4.69, 9.17) is 9.84 Å². The number of rotatable bonds is 1. The van der Waals surface area contributed by atoms with Gasteiger partial charge in [-0.25, -0.2) is 4.79 Å². The predicted octanol–water partition coefficient (Wildman–Crippen LogP) is 2.65. The third-order valence-corrected chi connectivity index (χ3v) is 4.29. The average molecular weight is 196 g/mol. The minimum Gasteiger partial charge on any atom is -0.450 e. The SMILES string of the molecule is O=C(O)OC12CC3CC(CC(C3)C1)C2. The molecule has 0 aromatic heterocycles. The van der Waals surface area contributed by atoms with Crippen molar-refractivity contribution in [1.82, 2.24) is 0 Å². The second-order valence-corrected chi connectivity index (χ2v) is 5.47. The van der Waals surface area contributed by atoms with E-state index in [1.54, 1.807) is 0 Å². The Morgan fingerprint density at radius 3 is 1.86 bits per heavy atom. The first-order valence-electron chi connectivity index (χ1n) is 5.57. The molecule has 0 aliphatic heterocycles. The molecule has 1 N–H and O–H groups in total. The van der Waals surface area contributed by atoms with Crippen LogP contribution in [0.3, 0.4) is 0 Å². The van der Waals surface area contributed by atoms with E-state index >= 15 is 0 Å². The summed E-state index contributed by atoms with van der Waals surface area (Å²) >= 11 is 0. The van der Waals surface area contributed by atoms with Crippen molar-refractivity contribution in [3.8, 4) is 0 Å². The minimum atomic E-state index is -1.08. The van der Waals surface area contributed by atoms with Crippen molar-refractivity contribution in [2.75, 3.05) is 0 Å². The fourth-order valence-corrected chi connectivity index (χ4v) is 4.34. The van der Waals surface area contributed by atoms with Crippen molar-refractivity contribution in [3.63, 3.8) is 0 Å². The molecule has 3 nitrogen and oxygen atoms in total. The van der Waals surface area contributed by atoms with Crippen molar-refractivity contribution < 1.29 is 14.6 Å². The maximum absolute atomic E-state index is 10.7. The van der Waals surface area contributed by atoms with Crippen molar-refractivity contribution in [3.05, 3.63) is 0 Å². The summed E-state index contributed by atoms with van der Waals surface area (Å²) in [5.74, 6) is 2.25. The molecule has 4 aliphatic carbocycles. The molecule has 4 saturated carbocycles. The van der Waals surface area contributed by atoms with Crippen LogP contribution in [0.1, 0.15) is 38.5 Å². The van der Waals surface area contributed by atoms with Crippen LogP contribution in [0.4, 0.5) is 4.79 Å². The summed E-state index contributed by atoms with van der Waals surface area (Å²) in [6.45, 7) is 0. The van der Waals surface area contributed by atoms with Crippen molar-refractivity contribution in [2.45, 2.75) is 44.1 Å². The second-order valence-electron chi connectivity index (χ2n) is 5.47. The van der Waals surface area contributed by atoms with Gasteiger partial charge in [-0.05, 0) is 56.3 Å². The highest BCUT2D eigenvalue weighted by atomic mass is 16.7. The van der Waals surface area contributed by atoms with Crippen LogP contribution in [-0.2, 0) is 4.74 Å². The first-order chi connectivity index (χ1) is 6.65.